The fourth-order valence-electron chi connectivity index (χ4n) is 3.01. The Bertz CT molecular complexity index is 1060. The van der Waals surface area contributed by atoms with Crippen molar-refractivity contribution in [2.24, 2.45) is 0 Å². The second kappa shape index (κ2) is 6.27. The number of ether oxygens (including phenoxy) is 1. The fraction of sp³-hybridized carbons (Fsp3) is 0.222. The monoisotopic (exact) mass is 387 g/mol. The molecule has 2 heterocycles. The van der Waals surface area contributed by atoms with Crippen molar-refractivity contribution < 1.29 is 22.7 Å². The third-order valence-electron chi connectivity index (χ3n) is 4.45. The quantitative estimate of drug-likeness (QED) is 0.746. The molecule has 8 nitrogen and oxygen atoms in total. The lowest BCUT2D eigenvalue weighted by Crippen LogP contribution is -2.34. The summed E-state index contributed by atoms with van der Waals surface area (Å²) in [5.41, 5.74) is 2.12. The van der Waals surface area contributed by atoms with Crippen molar-refractivity contribution in [3.8, 4) is 5.75 Å². The maximum absolute atomic E-state index is 12.7. The Labute approximate surface area is 156 Å². The molecular formula is C18H17N3O5S. The van der Waals surface area contributed by atoms with E-state index in [1.54, 1.807) is 31.2 Å². The largest absolute Gasteiger partial charge is 0.479 e. The van der Waals surface area contributed by atoms with Crippen molar-refractivity contribution in [2.45, 2.75) is 30.8 Å². The van der Waals surface area contributed by atoms with E-state index in [4.69, 9.17) is 4.74 Å². The lowest BCUT2D eigenvalue weighted by Gasteiger charge is -2.23. The van der Waals surface area contributed by atoms with E-state index >= 15 is 0 Å². The average Bonchev–Trinajstić information content (AvgIpc) is 2.62. The number of sulfonamides is 1. The maximum atomic E-state index is 12.7. The van der Waals surface area contributed by atoms with Gasteiger partial charge in [0.05, 0.1) is 16.3 Å². The van der Waals surface area contributed by atoms with Crippen molar-refractivity contribution >= 4 is 38.9 Å². The van der Waals surface area contributed by atoms with Crippen LogP contribution in [0.2, 0.25) is 0 Å². The number of amides is 2. The van der Waals surface area contributed by atoms with Gasteiger partial charge < -0.3 is 15.4 Å². The van der Waals surface area contributed by atoms with Crippen LogP contribution in [-0.2, 0) is 26.0 Å². The lowest BCUT2D eigenvalue weighted by atomic mass is 10.0. The number of nitrogens with one attached hydrogen (secondary N) is 3. The van der Waals surface area contributed by atoms with Gasteiger partial charge in [0, 0.05) is 12.1 Å². The highest BCUT2D eigenvalue weighted by Gasteiger charge is 2.25. The van der Waals surface area contributed by atoms with Crippen molar-refractivity contribution in [2.75, 3.05) is 15.4 Å². The van der Waals surface area contributed by atoms with Crippen LogP contribution in [0, 0.1) is 0 Å². The first-order valence-electron chi connectivity index (χ1n) is 8.39. The topological polar surface area (TPSA) is 114 Å². The second-order valence-electron chi connectivity index (χ2n) is 6.43. The summed E-state index contributed by atoms with van der Waals surface area (Å²) in [5, 5.41) is 5.40. The molecule has 9 heteroatoms. The molecule has 0 aromatic heterocycles. The van der Waals surface area contributed by atoms with Crippen LogP contribution in [0.4, 0.5) is 17.1 Å². The Morgan fingerprint density at radius 2 is 1.85 bits per heavy atom. The molecule has 2 amide bonds. The molecule has 140 valence electrons. The van der Waals surface area contributed by atoms with E-state index in [1.807, 2.05) is 0 Å². The van der Waals surface area contributed by atoms with Crippen LogP contribution in [0.1, 0.15) is 18.9 Å². The predicted octanol–water partition coefficient (Wildman–Crippen LogP) is 2.09. The minimum Gasteiger partial charge on any atom is -0.479 e. The summed E-state index contributed by atoms with van der Waals surface area (Å²) in [4.78, 5) is 23.3. The van der Waals surface area contributed by atoms with Crippen LogP contribution in [0.5, 0.6) is 5.75 Å². The van der Waals surface area contributed by atoms with Crippen molar-refractivity contribution in [1.29, 1.82) is 0 Å². The molecule has 0 fully saturated rings. The number of anilines is 3. The first-order valence-corrected chi connectivity index (χ1v) is 9.87. The molecule has 0 radical (unpaired) electrons. The van der Waals surface area contributed by atoms with E-state index in [2.05, 4.69) is 15.4 Å². The molecule has 2 aromatic rings. The number of benzene rings is 2. The average molecular weight is 387 g/mol. The fourth-order valence-corrected chi connectivity index (χ4v) is 4.11. The van der Waals surface area contributed by atoms with Crippen molar-refractivity contribution in [3.05, 3.63) is 42.0 Å². The number of aryl methyl sites for hydroxylation is 1. The van der Waals surface area contributed by atoms with E-state index in [0.29, 0.717) is 35.7 Å². The highest BCUT2D eigenvalue weighted by molar-refractivity contribution is 7.92. The van der Waals surface area contributed by atoms with Crippen molar-refractivity contribution in [1.82, 2.24) is 0 Å². The number of fused-ring (bicyclic) bond motifs is 2. The van der Waals surface area contributed by atoms with Crippen LogP contribution in [-0.4, -0.2) is 26.3 Å². The Hall–Kier alpha value is -3.07. The number of rotatable bonds is 3. The lowest BCUT2D eigenvalue weighted by molar-refractivity contribution is -0.122. The Morgan fingerprint density at radius 1 is 1.04 bits per heavy atom. The van der Waals surface area contributed by atoms with Crippen LogP contribution in [0.15, 0.2) is 41.3 Å². The summed E-state index contributed by atoms with van der Waals surface area (Å²) < 4.78 is 33.4. The molecule has 2 aliphatic heterocycles. The van der Waals surface area contributed by atoms with Gasteiger partial charge in [0.2, 0.25) is 5.91 Å². The zero-order valence-corrected chi connectivity index (χ0v) is 15.2. The maximum Gasteiger partial charge on any atom is 0.265 e. The van der Waals surface area contributed by atoms with Gasteiger partial charge in [-0.25, -0.2) is 8.42 Å². The predicted molar refractivity (Wildman–Crippen MR) is 99.4 cm³/mol. The van der Waals surface area contributed by atoms with Crippen molar-refractivity contribution in [3.63, 3.8) is 0 Å². The summed E-state index contributed by atoms with van der Waals surface area (Å²) in [5.74, 6) is 0.109. The van der Waals surface area contributed by atoms with Crippen LogP contribution >= 0.6 is 0 Å². The molecule has 2 aromatic carbocycles. The Morgan fingerprint density at radius 3 is 2.67 bits per heavy atom. The van der Waals surface area contributed by atoms with E-state index in [-0.39, 0.29) is 16.7 Å². The molecule has 2 aliphatic rings. The summed E-state index contributed by atoms with van der Waals surface area (Å²) in [6.07, 6.45) is 0.216. The molecule has 1 atom stereocenters. The SMILES string of the molecule is C[C@@H]1Oc2ccc(NS(=O)(=O)c3ccc4c(c3)CCC(=O)N4)cc2NC1=O. The van der Waals surface area contributed by atoms with Gasteiger partial charge >= 0.3 is 0 Å². The standard InChI is InChI=1S/C18H17N3O5S/c1-10-18(23)20-15-9-12(3-6-16(15)26-10)21-27(24,25)13-4-5-14-11(8-13)2-7-17(22)19-14/h3-6,8-10,21H,2,7H2,1H3,(H,19,22)(H,20,23)/t10-/m0/s1. The molecule has 0 saturated carbocycles. The van der Waals surface area contributed by atoms with Gasteiger partial charge in [0.1, 0.15) is 5.75 Å². The first kappa shape index (κ1) is 17.3. The normalized spacial score (nSPS) is 18.5. The molecule has 0 aliphatic carbocycles. The molecule has 4 rings (SSSR count). The summed E-state index contributed by atoms with van der Waals surface area (Å²) in [7, 11) is -3.83. The van der Waals surface area contributed by atoms with Crippen LogP contribution in [0.25, 0.3) is 0 Å². The number of carbonyl (C=O) groups excluding carboxylic acids is 2. The molecule has 27 heavy (non-hydrogen) atoms. The molecular weight excluding hydrogens is 370 g/mol. The minimum absolute atomic E-state index is 0.0797. The molecule has 3 N–H and O–H groups in total. The van der Waals surface area contributed by atoms with Gasteiger partial charge in [-0.05, 0) is 55.3 Å². The minimum atomic E-state index is -3.83. The van der Waals surface area contributed by atoms with Gasteiger partial charge in [-0.1, -0.05) is 0 Å². The highest BCUT2D eigenvalue weighted by atomic mass is 32.2. The van der Waals surface area contributed by atoms with E-state index in [9.17, 15) is 18.0 Å². The highest BCUT2D eigenvalue weighted by Crippen LogP contribution is 2.33. The van der Waals surface area contributed by atoms with E-state index in [0.717, 1.165) is 5.56 Å². The van der Waals surface area contributed by atoms with Crippen LogP contribution in [0.3, 0.4) is 0 Å². The molecule has 0 spiro atoms. The van der Waals surface area contributed by atoms with Crippen LogP contribution < -0.4 is 20.1 Å². The Kier molecular flexibility index (Phi) is 4.03. The number of carbonyl (C=O) groups is 2. The molecule has 0 saturated heterocycles. The van der Waals surface area contributed by atoms with Gasteiger partial charge in [-0.15, -0.1) is 0 Å². The molecule has 0 unspecified atom stereocenters. The third-order valence-corrected chi connectivity index (χ3v) is 5.82. The third kappa shape index (κ3) is 3.33. The smallest absolute Gasteiger partial charge is 0.265 e. The van der Waals surface area contributed by atoms with Gasteiger partial charge in [-0.2, -0.15) is 0 Å². The number of hydrogen-bond donors (Lipinski definition) is 3. The molecule has 0 bridgehead atoms. The van der Waals surface area contributed by atoms with Gasteiger partial charge in [0.15, 0.2) is 6.10 Å². The zero-order chi connectivity index (χ0) is 19.2. The van der Waals surface area contributed by atoms with Gasteiger partial charge in [0.25, 0.3) is 15.9 Å². The first-order chi connectivity index (χ1) is 12.8. The van der Waals surface area contributed by atoms with E-state index < -0.39 is 16.1 Å². The summed E-state index contributed by atoms with van der Waals surface area (Å²) in [6, 6.07) is 9.27. The van der Waals surface area contributed by atoms with Gasteiger partial charge in [-0.3, -0.25) is 14.3 Å². The summed E-state index contributed by atoms with van der Waals surface area (Å²) >= 11 is 0. The second-order valence-corrected chi connectivity index (χ2v) is 8.12. The van der Waals surface area contributed by atoms with E-state index in [1.165, 1.54) is 12.1 Å². The summed E-state index contributed by atoms with van der Waals surface area (Å²) in [6.45, 7) is 1.63. The Balaban J connectivity index is 1.60. The number of hydrogen-bond acceptors (Lipinski definition) is 5. The zero-order valence-electron chi connectivity index (χ0n) is 14.4.